The number of carboxylic acid groups (broad SMARTS) is 1. The lowest BCUT2D eigenvalue weighted by Crippen LogP contribution is -2.27. The minimum absolute atomic E-state index is 0.0583. The minimum atomic E-state index is -2.42. The highest BCUT2D eigenvalue weighted by atomic mass is 35.5. The minimum Gasteiger partial charge on any atom is -0.479 e. The molecular weight excluding hydrogens is 243 g/mol. The molecule has 1 aromatic carbocycles. The van der Waals surface area contributed by atoms with Crippen molar-refractivity contribution in [1.82, 2.24) is 0 Å². The van der Waals surface area contributed by atoms with Crippen molar-refractivity contribution in [1.29, 1.82) is 0 Å². The molecule has 1 rings (SSSR count). The fraction of sp³-hybridized carbons (Fsp3) is 0.462. The van der Waals surface area contributed by atoms with Crippen molar-refractivity contribution in [3.8, 4) is 0 Å². The molecule has 0 spiro atoms. The molecule has 2 nitrogen and oxygen atoms in total. The normalized spacial score (nSPS) is 15.4. The Morgan fingerprint density at radius 2 is 1.82 bits per heavy atom. The molecule has 0 bridgehead atoms. The summed E-state index contributed by atoms with van der Waals surface area (Å²) in [5, 5.41) is 9.19. The van der Waals surface area contributed by atoms with Gasteiger partial charge in [-0.15, -0.1) is 0 Å². The Bertz CT molecular complexity index is 447. The van der Waals surface area contributed by atoms with E-state index in [-0.39, 0.29) is 11.0 Å². The first-order chi connectivity index (χ1) is 7.56. The lowest BCUT2D eigenvalue weighted by Gasteiger charge is -2.23. The van der Waals surface area contributed by atoms with Crippen LogP contribution >= 0.6 is 11.6 Å². The SMILES string of the molecule is CC(C)(C)c1ccc(C(C)(F)C(=O)O)cc1Cl. The first kappa shape index (κ1) is 14.0. The summed E-state index contributed by atoms with van der Waals surface area (Å²) >= 11 is 6.07. The zero-order valence-corrected chi connectivity index (χ0v) is 11.1. The number of alkyl halides is 1. The largest absolute Gasteiger partial charge is 0.479 e. The molecule has 0 fully saturated rings. The zero-order valence-electron chi connectivity index (χ0n) is 10.3. The van der Waals surface area contributed by atoms with Crippen LogP contribution in [0.2, 0.25) is 5.02 Å². The van der Waals surface area contributed by atoms with E-state index in [1.807, 2.05) is 20.8 Å². The van der Waals surface area contributed by atoms with Gasteiger partial charge in [-0.05, 0) is 24.0 Å². The lowest BCUT2D eigenvalue weighted by molar-refractivity contribution is -0.150. The van der Waals surface area contributed by atoms with E-state index in [2.05, 4.69) is 0 Å². The molecule has 0 radical (unpaired) electrons. The number of carboxylic acids is 1. The van der Waals surface area contributed by atoms with Crippen LogP contribution in [0.3, 0.4) is 0 Å². The molecule has 0 aliphatic carbocycles. The summed E-state index contributed by atoms with van der Waals surface area (Å²) in [7, 11) is 0. The van der Waals surface area contributed by atoms with E-state index in [4.69, 9.17) is 16.7 Å². The summed E-state index contributed by atoms with van der Waals surface area (Å²) < 4.78 is 13.9. The molecule has 1 atom stereocenters. The molecule has 0 aliphatic rings. The van der Waals surface area contributed by atoms with Gasteiger partial charge in [0.15, 0.2) is 0 Å². The molecule has 1 unspecified atom stereocenters. The molecule has 1 aromatic rings. The van der Waals surface area contributed by atoms with Gasteiger partial charge in [0, 0.05) is 10.6 Å². The van der Waals surface area contributed by atoms with E-state index in [0.717, 1.165) is 12.5 Å². The van der Waals surface area contributed by atoms with E-state index in [9.17, 15) is 9.18 Å². The van der Waals surface area contributed by atoms with E-state index in [1.54, 1.807) is 6.07 Å². The molecule has 4 heteroatoms. The molecule has 0 saturated heterocycles. The van der Waals surface area contributed by atoms with E-state index in [0.29, 0.717) is 5.02 Å². The Labute approximate surface area is 105 Å². The molecule has 0 aromatic heterocycles. The van der Waals surface area contributed by atoms with Crippen LogP contribution in [0.25, 0.3) is 0 Å². The number of rotatable bonds is 2. The summed E-state index contributed by atoms with van der Waals surface area (Å²) in [6.45, 7) is 6.97. The number of benzene rings is 1. The summed E-state index contributed by atoms with van der Waals surface area (Å²) in [5.74, 6) is -1.52. The van der Waals surface area contributed by atoms with E-state index in [1.165, 1.54) is 12.1 Å². The van der Waals surface area contributed by atoms with E-state index < -0.39 is 11.6 Å². The van der Waals surface area contributed by atoms with Gasteiger partial charge in [-0.2, -0.15) is 0 Å². The number of hydrogen-bond acceptors (Lipinski definition) is 1. The Hall–Kier alpha value is -1.09. The highest BCUT2D eigenvalue weighted by Crippen LogP contribution is 2.34. The fourth-order valence-corrected chi connectivity index (χ4v) is 2.00. The van der Waals surface area contributed by atoms with Crippen molar-refractivity contribution in [2.75, 3.05) is 0 Å². The van der Waals surface area contributed by atoms with Gasteiger partial charge in [0.2, 0.25) is 5.67 Å². The standard InChI is InChI=1S/C13H16ClFO2/c1-12(2,3)9-6-5-8(7-10(9)14)13(4,15)11(16)17/h5-7H,1-4H3,(H,16,17). The predicted molar refractivity (Wildman–Crippen MR) is 66.2 cm³/mol. The van der Waals surface area contributed by atoms with Crippen LogP contribution in [-0.4, -0.2) is 11.1 Å². The molecular formula is C13H16ClFO2. The van der Waals surface area contributed by atoms with Crippen molar-refractivity contribution in [2.24, 2.45) is 0 Å². The summed E-state index contributed by atoms with van der Waals surface area (Å²) in [4.78, 5) is 10.8. The number of halogens is 2. The molecule has 17 heavy (non-hydrogen) atoms. The van der Waals surface area contributed by atoms with Crippen LogP contribution in [0.5, 0.6) is 0 Å². The predicted octanol–water partition coefficient (Wildman–Crippen LogP) is 3.91. The Balaban J connectivity index is 3.27. The number of aliphatic carboxylic acids is 1. The quantitative estimate of drug-likeness (QED) is 0.873. The van der Waals surface area contributed by atoms with Crippen LogP contribution < -0.4 is 0 Å². The zero-order chi connectivity index (χ0) is 13.4. The average Bonchev–Trinajstić information content (AvgIpc) is 2.15. The van der Waals surface area contributed by atoms with Gasteiger partial charge < -0.3 is 5.11 Å². The van der Waals surface area contributed by atoms with Crippen LogP contribution in [0.15, 0.2) is 18.2 Å². The van der Waals surface area contributed by atoms with Gasteiger partial charge in [-0.25, -0.2) is 9.18 Å². The third kappa shape index (κ3) is 2.78. The average molecular weight is 259 g/mol. The summed E-state index contributed by atoms with van der Waals surface area (Å²) in [5.41, 5.74) is -1.65. The van der Waals surface area contributed by atoms with Crippen LogP contribution in [0, 0.1) is 0 Å². The van der Waals surface area contributed by atoms with Gasteiger partial charge in [-0.1, -0.05) is 44.5 Å². The Kier molecular flexibility index (Phi) is 3.53. The molecule has 0 saturated carbocycles. The molecule has 0 aliphatic heterocycles. The highest BCUT2D eigenvalue weighted by Gasteiger charge is 2.35. The van der Waals surface area contributed by atoms with Crippen molar-refractivity contribution in [2.45, 2.75) is 38.8 Å². The fourth-order valence-electron chi connectivity index (χ4n) is 1.54. The first-order valence-corrected chi connectivity index (χ1v) is 5.67. The van der Waals surface area contributed by atoms with Crippen molar-refractivity contribution < 1.29 is 14.3 Å². The topological polar surface area (TPSA) is 37.3 Å². The maximum atomic E-state index is 13.9. The second kappa shape index (κ2) is 4.30. The van der Waals surface area contributed by atoms with Crippen molar-refractivity contribution in [3.05, 3.63) is 34.3 Å². The Morgan fingerprint density at radius 3 is 2.18 bits per heavy atom. The van der Waals surface area contributed by atoms with Crippen LogP contribution in [-0.2, 0) is 15.9 Å². The number of hydrogen-bond donors (Lipinski definition) is 1. The molecule has 1 N–H and O–H groups in total. The molecule has 94 valence electrons. The summed E-state index contributed by atoms with van der Waals surface area (Å²) in [6.07, 6.45) is 0. The third-order valence-electron chi connectivity index (χ3n) is 2.72. The third-order valence-corrected chi connectivity index (χ3v) is 3.03. The first-order valence-electron chi connectivity index (χ1n) is 5.29. The van der Waals surface area contributed by atoms with Crippen molar-refractivity contribution in [3.63, 3.8) is 0 Å². The van der Waals surface area contributed by atoms with Gasteiger partial charge >= 0.3 is 5.97 Å². The van der Waals surface area contributed by atoms with Gasteiger partial charge in [0.1, 0.15) is 0 Å². The van der Waals surface area contributed by atoms with Gasteiger partial charge in [-0.3, -0.25) is 0 Å². The second-order valence-corrected chi connectivity index (χ2v) is 5.66. The van der Waals surface area contributed by atoms with Crippen molar-refractivity contribution >= 4 is 17.6 Å². The maximum Gasteiger partial charge on any atom is 0.345 e. The summed E-state index contributed by atoms with van der Waals surface area (Å²) in [6, 6.07) is 4.54. The Morgan fingerprint density at radius 1 is 1.29 bits per heavy atom. The van der Waals surface area contributed by atoms with E-state index >= 15 is 0 Å². The number of carbonyl (C=O) groups is 1. The van der Waals surface area contributed by atoms with Crippen LogP contribution in [0.1, 0.15) is 38.8 Å². The smallest absolute Gasteiger partial charge is 0.345 e. The van der Waals surface area contributed by atoms with Crippen LogP contribution in [0.4, 0.5) is 4.39 Å². The maximum absolute atomic E-state index is 13.9. The monoisotopic (exact) mass is 258 g/mol. The van der Waals surface area contributed by atoms with Gasteiger partial charge in [0.25, 0.3) is 0 Å². The lowest BCUT2D eigenvalue weighted by atomic mass is 9.85. The molecule has 0 heterocycles. The molecule has 0 amide bonds. The second-order valence-electron chi connectivity index (χ2n) is 5.25. The highest BCUT2D eigenvalue weighted by molar-refractivity contribution is 6.31. The van der Waals surface area contributed by atoms with Gasteiger partial charge in [0.05, 0.1) is 0 Å².